The van der Waals surface area contributed by atoms with Gasteiger partial charge in [0.05, 0.1) is 21.7 Å². The molecule has 0 saturated heterocycles. The molecule has 0 spiro atoms. The summed E-state index contributed by atoms with van der Waals surface area (Å²) in [6.45, 7) is 1.91. The number of hydrogen-bond acceptors (Lipinski definition) is 1. The Bertz CT molecular complexity index is 835. The zero-order valence-corrected chi connectivity index (χ0v) is 11.6. The number of aryl methyl sites for hydroxylation is 1. The molecule has 3 rings (SSSR count). The molecule has 0 unspecified atom stereocenters. The van der Waals surface area contributed by atoms with Crippen LogP contribution in [0.15, 0.2) is 36.4 Å². The molecule has 0 amide bonds. The van der Waals surface area contributed by atoms with Crippen LogP contribution < -0.4 is 0 Å². The van der Waals surface area contributed by atoms with Crippen molar-refractivity contribution < 1.29 is 4.39 Å². The lowest BCUT2D eigenvalue weighted by atomic mass is 10.2. The Kier molecular flexibility index (Phi) is 2.92. The van der Waals surface area contributed by atoms with E-state index < -0.39 is 0 Å². The van der Waals surface area contributed by atoms with E-state index in [1.807, 2.05) is 19.1 Å². The standard InChI is InChI=1S/C14H10ClFN2S/c1-8-5-6-10(16)12(7-8)18-11-4-2-3-9(15)13(11)17-14(18)19/h2-7H,1H3,(H,17,19). The van der Waals surface area contributed by atoms with Gasteiger partial charge in [-0.25, -0.2) is 4.39 Å². The summed E-state index contributed by atoms with van der Waals surface area (Å²) in [6.07, 6.45) is 0. The summed E-state index contributed by atoms with van der Waals surface area (Å²) in [4.78, 5) is 3.02. The van der Waals surface area contributed by atoms with Gasteiger partial charge in [-0.15, -0.1) is 0 Å². The molecular formula is C14H10ClFN2S. The van der Waals surface area contributed by atoms with Crippen molar-refractivity contribution in [1.29, 1.82) is 0 Å². The van der Waals surface area contributed by atoms with Gasteiger partial charge < -0.3 is 4.98 Å². The second-order valence-corrected chi connectivity index (χ2v) is 5.15. The molecule has 1 N–H and O–H groups in total. The predicted molar refractivity (Wildman–Crippen MR) is 78.2 cm³/mol. The number of aromatic nitrogens is 2. The first-order chi connectivity index (χ1) is 9.08. The van der Waals surface area contributed by atoms with E-state index in [2.05, 4.69) is 4.98 Å². The Labute approximate surface area is 119 Å². The van der Waals surface area contributed by atoms with Gasteiger partial charge in [-0.1, -0.05) is 23.7 Å². The summed E-state index contributed by atoms with van der Waals surface area (Å²) in [6, 6.07) is 10.4. The second-order valence-electron chi connectivity index (χ2n) is 4.35. The summed E-state index contributed by atoms with van der Waals surface area (Å²) >= 11 is 11.4. The van der Waals surface area contributed by atoms with Crippen LogP contribution in [0.5, 0.6) is 0 Å². The second kappa shape index (κ2) is 4.47. The monoisotopic (exact) mass is 292 g/mol. The molecule has 0 aliphatic carbocycles. The minimum Gasteiger partial charge on any atom is -0.329 e. The average molecular weight is 293 g/mol. The lowest BCUT2D eigenvalue weighted by Crippen LogP contribution is -1.98. The van der Waals surface area contributed by atoms with Crippen LogP contribution in [0, 0.1) is 17.5 Å². The topological polar surface area (TPSA) is 20.7 Å². The first-order valence-electron chi connectivity index (χ1n) is 5.73. The van der Waals surface area contributed by atoms with Crippen LogP contribution in [0.4, 0.5) is 4.39 Å². The molecule has 1 aromatic heterocycles. The molecule has 96 valence electrons. The third-order valence-corrected chi connectivity index (χ3v) is 3.61. The van der Waals surface area contributed by atoms with Crippen molar-refractivity contribution in [1.82, 2.24) is 9.55 Å². The molecule has 0 radical (unpaired) electrons. The molecule has 0 atom stereocenters. The highest BCUT2D eigenvalue weighted by Gasteiger charge is 2.12. The number of nitrogens with one attached hydrogen (secondary N) is 1. The fraction of sp³-hybridized carbons (Fsp3) is 0.0714. The summed E-state index contributed by atoms with van der Waals surface area (Å²) in [7, 11) is 0. The number of para-hydroxylation sites is 1. The predicted octanol–water partition coefficient (Wildman–Crippen LogP) is 4.79. The molecule has 0 aliphatic heterocycles. The van der Waals surface area contributed by atoms with Crippen LogP contribution >= 0.6 is 23.8 Å². The number of fused-ring (bicyclic) bond motifs is 1. The van der Waals surface area contributed by atoms with Gasteiger partial charge in [-0.2, -0.15) is 0 Å². The number of hydrogen-bond donors (Lipinski definition) is 1. The third-order valence-electron chi connectivity index (χ3n) is 3.01. The number of aromatic amines is 1. The van der Waals surface area contributed by atoms with Crippen LogP contribution in [0.1, 0.15) is 5.56 Å². The van der Waals surface area contributed by atoms with E-state index in [-0.39, 0.29) is 5.82 Å². The van der Waals surface area contributed by atoms with Gasteiger partial charge in [0, 0.05) is 0 Å². The first-order valence-corrected chi connectivity index (χ1v) is 6.52. The molecule has 2 nitrogen and oxygen atoms in total. The highest BCUT2D eigenvalue weighted by Crippen LogP contribution is 2.26. The molecule has 0 saturated carbocycles. The summed E-state index contributed by atoms with van der Waals surface area (Å²) in [5.41, 5.74) is 2.88. The summed E-state index contributed by atoms with van der Waals surface area (Å²) in [5.74, 6) is -0.317. The number of imidazole rings is 1. The normalized spacial score (nSPS) is 11.1. The lowest BCUT2D eigenvalue weighted by Gasteiger charge is -2.07. The Morgan fingerprint density at radius 3 is 2.84 bits per heavy atom. The number of H-pyrrole nitrogens is 1. The Morgan fingerprint density at radius 1 is 1.26 bits per heavy atom. The van der Waals surface area contributed by atoms with Gasteiger partial charge in [0.1, 0.15) is 5.82 Å². The molecule has 3 aromatic rings. The maximum Gasteiger partial charge on any atom is 0.182 e. The van der Waals surface area contributed by atoms with Gasteiger partial charge in [0.25, 0.3) is 0 Å². The minimum atomic E-state index is -0.317. The van der Waals surface area contributed by atoms with E-state index in [0.29, 0.717) is 15.5 Å². The van der Waals surface area contributed by atoms with Gasteiger partial charge in [0.15, 0.2) is 4.77 Å². The van der Waals surface area contributed by atoms with Gasteiger partial charge >= 0.3 is 0 Å². The molecule has 1 heterocycles. The van der Waals surface area contributed by atoms with Crippen molar-refractivity contribution in [3.8, 4) is 5.69 Å². The fourth-order valence-corrected chi connectivity index (χ4v) is 2.64. The van der Waals surface area contributed by atoms with Crippen molar-refractivity contribution >= 4 is 34.9 Å². The molecular weight excluding hydrogens is 283 g/mol. The van der Waals surface area contributed by atoms with Crippen molar-refractivity contribution in [3.63, 3.8) is 0 Å². The van der Waals surface area contributed by atoms with Gasteiger partial charge in [0.2, 0.25) is 0 Å². The Balaban J connectivity index is 2.43. The molecule has 19 heavy (non-hydrogen) atoms. The van der Waals surface area contributed by atoms with Crippen LogP contribution in [-0.2, 0) is 0 Å². The number of benzene rings is 2. The molecule has 0 bridgehead atoms. The molecule has 5 heteroatoms. The lowest BCUT2D eigenvalue weighted by molar-refractivity contribution is 0.618. The quantitative estimate of drug-likeness (QED) is 0.640. The van der Waals surface area contributed by atoms with Crippen molar-refractivity contribution in [3.05, 3.63) is 57.6 Å². The minimum absolute atomic E-state index is 0.317. The summed E-state index contributed by atoms with van der Waals surface area (Å²) in [5, 5.41) is 0.565. The Morgan fingerprint density at radius 2 is 2.05 bits per heavy atom. The molecule has 0 aliphatic rings. The number of nitrogens with zero attached hydrogens (tertiary/aromatic N) is 1. The number of rotatable bonds is 1. The molecule has 2 aromatic carbocycles. The van der Waals surface area contributed by atoms with E-state index in [1.165, 1.54) is 6.07 Å². The van der Waals surface area contributed by atoms with Crippen molar-refractivity contribution in [2.24, 2.45) is 0 Å². The maximum atomic E-state index is 14.0. The zero-order valence-electron chi connectivity index (χ0n) is 10.1. The Hall–Kier alpha value is -1.65. The van der Waals surface area contributed by atoms with Crippen LogP contribution in [0.3, 0.4) is 0 Å². The van der Waals surface area contributed by atoms with Gasteiger partial charge in [-0.05, 0) is 49.0 Å². The van der Waals surface area contributed by atoms with E-state index in [4.69, 9.17) is 23.8 Å². The fourth-order valence-electron chi connectivity index (χ4n) is 2.13. The maximum absolute atomic E-state index is 14.0. The summed E-state index contributed by atoms with van der Waals surface area (Å²) < 4.78 is 16.1. The van der Waals surface area contributed by atoms with Crippen LogP contribution in [0.25, 0.3) is 16.7 Å². The highest BCUT2D eigenvalue weighted by molar-refractivity contribution is 7.71. The van der Waals surface area contributed by atoms with Crippen LogP contribution in [0.2, 0.25) is 5.02 Å². The van der Waals surface area contributed by atoms with Gasteiger partial charge in [-0.3, -0.25) is 4.57 Å². The van der Waals surface area contributed by atoms with E-state index >= 15 is 0 Å². The zero-order chi connectivity index (χ0) is 13.6. The highest BCUT2D eigenvalue weighted by atomic mass is 35.5. The SMILES string of the molecule is Cc1ccc(F)c(-n2c(=S)[nH]c3c(Cl)cccc32)c1. The van der Waals surface area contributed by atoms with E-state index in [9.17, 15) is 4.39 Å². The first kappa shape index (κ1) is 12.4. The number of halogens is 2. The van der Waals surface area contributed by atoms with Crippen molar-refractivity contribution in [2.45, 2.75) is 6.92 Å². The van der Waals surface area contributed by atoms with Crippen LogP contribution in [-0.4, -0.2) is 9.55 Å². The largest absolute Gasteiger partial charge is 0.329 e. The van der Waals surface area contributed by atoms with E-state index in [1.54, 1.807) is 22.8 Å². The van der Waals surface area contributed by atoms with Crippen molar-refractivity contribution in [2.75, 3.05) is 0 Å². The van der Waals surface area contributed by atoms with E-state index in [0.717, 1.165) is 16.6 Å². The average Bonchev–Trinajstić information content (AvgIpc) is 2.70. The molecule has 0 fully saturated rings. The third kappa shape index (κ3) is 1.97. The smallest absolute Gasteiger partial charge is 0.182 e.